The Morgan fingerprint density at radius 2 is 1.97 bits per heavy atom. The summed E-state index contributed by atoms with van der Waals surface area (Å²) in [6, 6.07) is 9.98. The molecule has 0 bridgehead atoms. The predicted octanol–water partition coefficient (Wildman–Crippen LogP) is 5.18. The highest BCUT2D eigenvalue weighted by molar-refractivity contribution is 6.30. The SMILES string of the molecule is Cc1nnn(C)c1-c1cnc2c3onc(C(C)(C)O)c3n(C(c3cccc(Cl)c3)C3CCOCC3)c2c1. The highest BCUT2D eigenvalue weighted by Crippen LogP contribution is 2.44. The first-order valence-electron chi connectivity index (χ1n) is 12.5. The van der Waals surface area contributed by atoms with Gasteiger partial charge in [-0.25, -0.2) is 9.67 Å². The fourth-order valence-electron chi connectivity index (χ4n) is 5.63. The van der Waals surface area contributed by atoms with Crippen LogP contribution in [0.5, 0.6) is 0 Å². The van der Waals surface area contributed by atoms with Crippen LogP contribution in [0.3, 0.4) is 0 Å². The van der Waals surface area contributed by atoms with Gasteiger partial charge in [0, 0.05) is 37.0 Å². The Kier molecular flexibility index (Phi) is 5.82. The first-order chi connectivity index (χ1) is 17.7. The molecule has 0 saturated carbocycles. The number of fused-ring (bicyclic) bond motifs is 3. The number of halogens is 1. The van der Waals surface area contributed by atoms with Crippen LogP contribution in [0.4, 0.5) is 0 Å². The van der Waals surface area contributed by atoms with Crippen LogP contribution in [0.25, 0.3) is 33.4 Å². The lowest BCUT2D eigenvalue weighted by atomic mass is 9.86. The molecule has 1 aromatic carbocycles. The summed E-state index contributed by atoms with van der Waals surface area (Å²) < 4.78 is 15.6. The lowest BCUT2D eigenvalue weighted by Gasteiger charge is -2.33. The van der Waals surface area contributed by atoms with Gasteiger partial charge in [0.15, 0.2) is 0 Å². The average molecular weight is 521 g/mol. The van der Waals surface area contributed by atoms with Gasteiger partial charge in [-0.3, -0.25) is 0 Å². The van der Waals surface area contributed by atoms with Crippen molar-refractivity contribution in [2.24, 2.45) is 13.0 Å². The molecule has 1 unspecified atom stereocenters. The molecule has 0 spiro atoms. The Morgan fingerprint density at radius 3 is 2.65 bits per heavy atom. The molecule has 1 aliphatic heterocycles. The summed E-state index contributed by atoms with van der Waals surface area (Å²) in [6.45, 7) is 6.76. The number of ether oxygens (including phenoxy) is 1. The van der Waals surface area contributed by atoms with E-state index in [1.807, 2.05) is 38.4 Å². The maximum absolute atomic E-state index is 11.1. The molecule has 0 amide bonds. The van der Waals surface area contributed by atoms with E-state index in [1.54, 1.807) is 18.5 Å². The second kappa shape index (κ2) is 8.93. The number of pyridine rings is 1. The Labute approximate surface area is 219 Å². The maximum Gasteiger partial charge on any atom is 0.211 e. The first kappa shape index (κ1) is 24.1. The van der Waals surface area contributed by atoms with Crippen LogP contribution in [0, 0.1) is 12.8 Å². The molecule has 6 rings (SSSR count). The van der Waals surface area contributed by atoms with E-state index in [-0.39, 0.29) is 12.0 Å². The molecule has 0 radical (unpaired) electrons. The van der Waals surface area contributed by atoms with Crippen LogP contribution < -0.4 is 0 Å². The normalized spacial score (nSPS) is 16.2. The van der Waals surface area contributed by atoms with Gasteiger partial charge in [0.25, 0.3) is 0 Å². The molecule has 37 heavy (non-hydrogen) atoms. The van der Waals surface area contributed by atoms with Gasteiger partial charge in [-0.1, -0.05) is 34.1 Å². The minimum Gasteiger partial charge on any atom is -0.384 e. The highest BCUT2D eigenvalue weighted by Gasteiger charge is 2.36. The number of benzene rings is 1. The fraction of sp³-hybridized carbons (Fsp3) is 0.407. The molecular weight excluding hydrogens is 492 g/mol. The minimum atomic E-state index is -1.22. The van der Waals surface area contributed by atoms with E-state index >= 15 is 0 Å². The van der Waals surface area contributed by atoms with Crippen molar-refractivity contribution in [3.05, 3.63) is 58.5 Å². The summed E-state index contributed by atoms with van der Waals surface area (Å²) in [5.74, 6) is 0.263. The van der Waals surface area contributed by atoms with Crippen LogP contribution in [-0.2, 0) is 17.4 Å². The van der Waals surface area contributed by atoms with Gasteiger partial charge in [-0.05, 0) is 63.3 Å². The molecule has 4 aromatic heterocycles. The molecular formula is C27H29ClN6O3. The standard InChI is InChI=1S/C27H29ClN6O3/c1-15-22(33(4)32-30-15)18-13-20-21(29-14-18)25-24(26(31-37-25)27(2,3)35)34(20)23(16-8-10-36-11-9-16)17-6-5-7-19(28)12-17/h5-7,12-14,16,23,35H,8-11H2,1-4H3. The molecule has 9 nitrogen and oxygen atoms in total. The van der Waals surface area contributed by atoms with E-state index in [4.69, 9.17) is 25.8 Å². The van der Waals surface area contributed by atoms with E-state index in [1.165, 1.54) is 0 Å². The second-order valence-electron chi connectivity index (χ2n) is 10.3. The third kappa shape index (κ3) is 4.02. The van der Waals surface area contributed by atoms with Crippen molar-refractivity contribution in [2.75, 3.05) is 13.2 Å². The summed E-state index contributed by atoms with van der Waals surface area (Å²) in [4.78, 5) is 4.85. The quantitative estimate of drug-likeness (QED) is 0.340. The van der Waals surface area contributed by atoms with Gasteiger partial charge < -0.3 is 18.9 Å². The van der Waals surface area contributed by atoms with Gasteiger partial charge in [0.05, 0.1) is 22.9 Å². The molecule has 1 N–H and O–H groups in total. The van der Waals surface area contributed by atoms with Crippen LogP contribution >= 0.6 is 11.6 Å². The molecule has 5 aromatic rings. The summed E-state index contributed by atoms with van der Waals surface area (Å²) >= 11 is 6.50. The van der Waals surface area contributed by atoms with E-state index in [9.17, 15) is 5.11 Å². The maximum atomic E-state index is 11.1. The number of nitrogens with zero attached hydrogens (tertiary/aromatic N) is 6. The predicted molar refractivity (Wildman–Crippen MR) is 140 cm³/mol. The Bertz CT molecular complexity index is 1590. The Hall–Kier alpha value is -3.27. The van der Waals surface area contributed by atoms with Crippen molar-refractivity contribution in [3.63, 3.8) is 0 Å². The molecule has 1 atom stereocenters. The van der Waals surface area contributed by atoms with E-state index < -0.39 is 5.60 Å². The molecule has 10 heteroatoms. The molecule has 0 aliphatic carbocycles. The minimum absolute atomic E-state index is 0.106. The summed E-state index contributed by atoms with van der Waals surface area (Å²) in [5, 5.41) is 24.5. The molecule has 1 aliphatic rings. The summed E-state index contributed by atoms with van der Waals surface area (Å²) in [5.41, 5.74) is 5.80. The van der Waals surface area contributed by atoms with Crippen molar-refractivity contribution >= 4 is 33.7 Å². The van der Waals surface area contributed by atoms with E-state index in [0.29, 0.717) is 35.0 Å². The van der Waals surface area contributed by atoms with Crippen molar-refractivity contribution in [2.45, 2.75) is 45.3 Å². The fourth-order valence-corrected chi connectivity index (χ4v) is 5.83. The number of hydrogen-bond donors (Lipinski definition) is 1. The zero-order valence-electron chi connectivity index (χ0n) is 21.3. The van der Waals surface area contributed by atoms with Gasteiger partial charge in [0.2, 0.25) is 5.58 Å². The van der Waals surface area contributed by atoms with E-state index in [0.717, 1.165) is 46.4 Å². The largest absolute Gasteiger partial charge is 0.384 e. The zero-order valence-corrected chi connectivity index (χ0v) is 22.0. The third-order valence-electron chi connectivity index (χ3n) is 7.28. The number of rotatable bonds is 5. The monoisotopic (exact) mass is 520 g/mol. The molecule has 1 fully saturated rings. The molecule has 192 valence electrons. The van der Waals surface area contributed by atoms with Crippen molar-refractivity contribution < 1.29 is 14.4 Å². The Morgan fingerprint density at radius 1 is 1.19 bits per heavy atom. The van der Waals surface area contributed by atoms with Crippen molar-refractivity contribution in [3.8, 4) is 11.3 Å². The van der Waals surface area contributed by atoms with E-state index in [2.05, 4.69) is 32.2 Å². The zero-order chi connectivity index (χ0) is 25.9. The first-order valence-corrected chi connectivity index (χ1v) is 12.8. The van der Waals surface area contributed by atoms with Crippen LogP contribution in [0.2, 0.25) is 5.02 Å². The number of aliphatic hydroxyl groups is 1. The number of hydrogen-bond acceptors (Lipinski definition) is 7. The topological polar surface area (TPSA) is 104 Å². The number of aromatic nitrogens is 6. The lowest BCUT2D eigenvalue weighted by molar-refractivity contribution is 0.0547. The molecule has 5 heterocycles. The van der Waals surface area contributed by atoms with Crippen molar-refractivity contribution in [1.82, 2.24) is 29.7 Å². The van der Waals surface area contributed by atoms with Gasteiger partial charge in [0.1, 0.15) is 22.3 Å². The smallest absolute Gasteiger partial charge is 0.211 e. The van der Waals surface area contributed by atoms with Crippen LogP contribution in [0.15, 0.2) is 41.1 Å². The highest BCUT2D eigenvalue weighted by atomic mass is 35.5. The van der Waals surface area contributed by atoms with Gasteiger partial charge in [-0.15, -0.1) is 5.10 Å². The third-order valence-corrected chi connectivity index (χ3v) is 7.51. The average Bonchev–Trinajstić information content (AvgIpc) is 3.53. The van der Waals surface area contributed by atoms with Gasteiger partial charge >= 0.3 is 0 Å². The summed E-state index contributed by atoms with van der Waals surface area (Å²) in [6.07, 6.45) is 3.59. The lowest BCUT2D eigenvalue weighted by Crippen LogP contribution is -2.28. The van der Waals surface area contributed by atoms with Crippen molar-refractivity contribution in [1.29, 1.82) is 0 Å². The number of aryl methyl sites for hydroxylation is 2. The van der Waals surface area contributed by atoms with Gasteiger partial charge in [-0.2, -0.15) is 0 Å². The van der Waals surface area contributed by atoms with Crippen LogP contribution in [-0.4, -0.2) is 48.0 Å². The molecule has 1 saturated heterocycles. The second-order valence-corrected chi connectivity index (χ2v) is 10.8. The Balaban J connectivity index is 1.71. The summed E-state index contributed by atoms with van der Waals surface area (Å²) in [7, 11) is 1.87. The van der Waals surface area contributed by atoms with Crippen LogP contribution in [0.1, 0.15) is 49.7 Å².